The molecule has 7 rings (SSSR count). The van der Waals surface area contributed by atoms with Gasteiger partial charge in [0.05, 0.1) is 29.3 Å². The molecule has 5 heterocycles. The number of anilines is 1. The standard InChI is InChI=1S/C38H39F3N8O/c1-27-9-10-32(44-37(50)29-17-28(18-31(19-29)38(39,40)41)23-46-15-13-45(2)14-16-46)20-30(27)24-47(25-33-21-42-35-7-3-5-11-48(33)35)26-34-22-43-36-8-4-6-12-49(34)36/h3-12,17-22H,13-16,23-26H2,1-2H3,(H,44,50). The van der Waals surface area contributed by atoms with Crippen molar-refractivity contribution >= 4 is 22.9 Å². The number of carbonyl (C=O) groups excluding carboxylic acids is 1. The van der Waals surface area contributed by atoms with Crippen LogP contribution in [0.3, 0.4) is 0 Å². The van der Waals surface area contributed by atoms with E-state index in [1.54, 1.807) is 12.1 Å². The lowest BCUT2D eigenvalue weighted by Gasteiger charge is -2.32. The molecule has 258 valence electrons. The summed E-state index contributed by atoms with van der Waals surface area (Å²) in [7, 11) is 2.03. The highest BCUT2D eigenvalue weighted by Crippen LogP contribution is 2.32. The minimum atomic E-state index is -4.57. The molecule has 0 atom stereocenters. The molecule has 2 aromatic carbocycles. The quantitative estimate of drug-likeness (QED) is 0.178. The molecule has 12 heteroatoms. The van der Waals surface area contributed by atoms with E-state index in [1.807, 2.05) is 87.3 Å². The summed E-state index contributed by atoms with van der Waals surface area (Å²) in [6, 6.07) is 21.1. The predicted octanol–water partition coefficient (Wildman–Crippen LogP) is 6.51. The Morgan fingerprint density at radius 1 is 0.820 bits per heavy atom. The van der Waals surface area contributed by atoms with Gasteiger partial charge in [-0.05, 0) is 85.3 Å². The van der Waals surface area contributed by atoms with E-state index in [9.17, 15) is 18.0 Å². The molecule has 0 spiro atoms. The molecule has 0 unspecified atom stereocenters. The molecule has 1 aliphatic heterocycles. The Hall–Kier alpha value is -5.04. The lowest BCUT2D eigenvalue weighted by molar-refractivity contribution is -0.137. The summed E-state index contributed by atoms with van der Waals surface area (Å²) in [6.07, 6.45) is 3.18. The molecular weight excluding hydrogens is 641 g/mol. The Bertz CT molecular complexity index is 2050. The van der Waals surface area contributed by atoms with Crippen LogP contribution < -0.4 is 5.32 Å². The average Bonchev–Trinajstić information content (AvgIpc) is 3.70. The summed E-state index contributed by atoms with van der Waals surface area (Å²) in [5.74, 6) is -0.584. The van der Waals surface area contributed by atoms with Crippen LogP contribution in [0.2, 0.25) is 0 Å². The smallest absolute Gasteiger partial charge is 0.322 e. The summed E-state index contributed by atoms with van der Waals surface area (Å²) in [5, 5.41) is 2.88. The normalized spacial score (nSPS) is 14.6. The fraction of sp³-hybridized carbons (Fsp3) is 0.289. The van der Waals surface area contributed by atoms with Crippen molar-refractivity contribution in [2.45, 2.75) is 39.3 Å². The molecule has 0 saturated carbocycles. The third-order valence-corrected chi connectivity index (χ3v) is 9.34. The number of benzene rings is 2. The first-order valence-corrected chi connectivity index (χ1v) is 16.7. The molecule has 1 amide bonds. The molecular formula is C38H39F3N8O. The van der Waals surface area contributed by atoms with E-state index in [0.29, 0.717) is 37.4 Å². The van der Waals surface area contributed by atoms with Gasteiger partial charge in [0.25, 0.3) is 5.91 Å². The number of carbonyl (C=O) groups is 1. The fourth-order valence-corrected chi connectivity index (χ4v) is 6.54. The predicted molar refractivity (Wildman–Crippen MR) is 187 cm³/mol. The van der Waals surface area contributed by atoms with E-state index in [0.717, 1.165) is 72.1 Å². The Labute approximate surface area is 288 Å². The summed E-state index contributed by atoms with van der Waals surface area (Å²) in [4.78, 5) is 29.3. The van der Waals surface area contributed by atoms with Gasteiger partial charge in [-0.25, -0.2) is 9.97 Å². The van der Waals surface area contributed by atoms with Gasteiger partial charge in [-0.1, -0.05) is 18.2 Å². The van der Waals surface area contributed by atoms with Gasteiger partial charge < -0.3 is 19.0 Å². The summed E-state index contributed by atoms with van der Waals surface area (Å²) < 4.78 is 46.0. The van der Waals surface area contributed by atoms with Gasteiger partial charge in [0, 0.05) is 76.0 Å². The highest BCUT2D eigenvalue weighted by molar-refractivity contribution is 6.04. The molecule has 6 aromatic rings. The van der Waals surface area contributed by atoms with Gasteiger partial charge in [0.2, 0.25) is 0 Å². The number of rotatable bonds is 10. The maximum absolute atomic E-state index is 14.0. The number of hydrogen-bond acceptors (Lipinski definition) is 6. The van der Waals surface area contributed by atoms with Crippen LogP contribution in [0.25, 0.3) is 11.3 Å². The number of nitrogens with one attached hydrogen (secondary N) is 1. The zero-order valence-corrected chi connectivity index (χ0v) is 28.1. The molecule has 1 saturated heterocycles. The third kappa shape index (κ3) is 7.57. The first-order chi connectivity index (χ1) is 24.1. The molecule has 1 aliphatic rings. The Balaban J connectivity index is 1.14. The topological polar surface area (TPSA) is 73.4 Å². The number of nitrogens with zero attached hydrogens (tertiary/aromatic N) is 7. The number of fused-ring (bicyclic) bond motifs is 2. The first-order valence-electron chi connectivity index (χ1n) is 16.7. The van der Waals surface area contributed by atoms with Crippen molar-refractivity contribution in [3.8, 4) is 0 Å². The second kappa shape index (κ2) is 14.1. The molecule has 0 aliphatic carbocycles. The van der Waals surface area contributed by atoms with Gasteiger partial charge in [0.1, 0.15) is 11.3 Å². The number of pyridine rings is 2. The second-order valence-corrected chi connectivity index (χ2v) is 13.1. The van der Waals surface area contributed by atoms with Crippen LogP contribution in [-0.2, 0) is 32.4 Å². The van der Waals surface area contributed by atoms with Gasteiger partial charge in [-0.3, -0.25) is 14.6 Å². The van der Waals surface area contributed by atoms with E-state index in [-0.39, 0.29) is 5.56 Å². The number of aryl methyl sites for hydroxylation is 1. The van der Waals surface area contributed by atoms with Crippen LogP contribution >= 0.6 is 0 Å². The molecule has 50 heavy (non-hydrogen) atoms. The Kier molecular flexibility index (Phi) is 9.41. The van der Waals surface area contributed by atoms with Gasteiger partial charge in [0.15, 0.2) is 0 Å². The van der Waals surface area contributed by atoms with E-state index in [4.69, 9.17) is 0 Å². The van der Waals surface area contributed by atoms with Crippen LogP contribution in [0, 0.1) is 6.92 Å². The summed E-state index contributed by atoms with van der Waals surface area (Å²) in [6.45, 7) is 7.27. The monoisotopic (exact) mass is 680 g/mol. The average molecular weight is 681 g/mol. The van der Waals surface area contributed by atoms with Crippen LogP contribution in [-0.4, -0.2) is 72.6 Å². The van der Waals surface area contributed by atoms with Crippen molar-refractivity contribution in [2.24, 2.45) is 0 Å². The van der Waals surface area contributed by atoms with Crippen LogP contribution in [0.15, 0.2) is 97.6 Å². The maximum Gasteiger partial charge on any atom is 0.416 e. The van der Waals surface area contributed by atoms with Crippen molar-refractivity contribution in [2.75, 3.05) is 38.5 Å². The highest BCUT2D eigenvalue weighted by atomic mass is 19.4. The lowest BCUT2D eigenvalue weighted by Crippen LogP contribution is -2.43. The number of halogens is 3. The molecule has 0 radical (unpaired) electrons. The number of imidazole rings is 2. The molecule has 4 aromatic heterocycles. The summed E-state index contributed by atoms with van der Waals surface area (Å²) in [5.41, 5.74) is 5.90. The highest BCUT2D eigenvalue weighted by Gasteiger charge is 2.32. The van der Waals surface area contributed by atoms with E-state index >= 15 is 0 Å². The van der Waals surface area contributed by atoms with Crippen molar-refractivity contribution in [1.82, 2.24) is 33.5 Å². The molecule has 9 nitrogen and oxygen atoms in total. The van der Waals surface area contributed by atoms with Gasteiger partial charge >= 0.3 is 6.18 Å². The van der Waals surface area contributed by atoms with Crippen LogP contribution in [0.5, 0.6) is 0 Å². The minimum Gasteiger partial charge on any atom is -0.322 e. The zero-order chi connectivity index (χ0) is 34.8. The second-order valence-electron chi connectivity index (χ2n) is 13.1. The molecule has 0 bridgehead atoms. The number of alkyl halides is 3. The number of aromatic nitrogens is 4. The zero-order valence-electron chi connectivity index (χ0n) is 28.1. The van der Waals surface area contributed by atoms with E-state index < -0.39 is 17.6 Å². The lowest BCUT2D eigenvalue weighted by atomic mass is 10.0. The van der Waals surface area contributed by atoms with Crippen LogP contribution in [0.1, 0.15) is 44.0 Å². The van der Waals surface area contributed by atoms with Crippen molar-refractivity contribution < 1.29 is 18.0 Å². The molecule has 1 fully saturated rings. The molecule has 1 N–H and O–H groups in total. The van der Waals surface area contributed by atoms with Crippen molar-refractivity contribution in [3.05, 3.63) is 137 Å². The van der Waals surface area contributed by atoms with E-state index in [1.165, 1.54) is 0 Å². The first kappa shape index (κ1) is 33.5. The number of piperazine rings is 1. The SMILES string of the molecule is Cc1ccc(NC(=O)c2cc(CN3CCN(C)CC3)cc(C(F)(F)F)c2)cc1CN(Cc1cnc2ccccn12)Cc1cnc2ccccn12. The minimum absolute atomic E-state index is 0.0204. The van der Waals surface area contributed by atoms with Crippen molar-refractivity contribution in [3.63, 3.8) is 0 Å². The van der Waals surface area contributed by atoms with Crippen LogP contribution in [0.4, 0.5) is 18.9 Å². The van der Waals surface area contributed by atoms with Crippen molar-refractivity contribution in [1.29, 1.82) is 0 Å². The largest absolute Gasteiger partial charge is 0.416 e. The number of amides is 1. The van der Waals surface area contributed by atoms with Gasteiger partial charge in [-0.2, -0.15) is 13.2 Å². The van der Waals surface area contributed by atoms with Gasteiger partial charge in [-0.15, -0.1) is 0 Å². The summed E-state index contributed by atoms with van der Waals surface area (Å²) >= 11 is 0. The fourth-order valence-electron chi connectivity index (χ4n) is 6.54. The number of hydrogen-bond donors (Lipinski definition) is 1. The third-order valence-electron chi connectivity index (χ3n) is 9.34. The number of likely N-dealkylation sites (N-methyl/N-ethyl adjacent to an activating group) is 1. The Morgan fingerprint density at radius 2 is 1.46 bits per heavy atom. The maximum atomic E-state index is 14.0. The Morgan fingerprint density at radius 3 is 2.08 bits per heavy atom. The van der Waals surface area contributed by atoms with E-state index in [2.05, 4.69) is 38.8 Å².